The maximum atomic E-state index is 9.67. The van der Waals surface area contributed by atoms with Crippen LogP contribution in [0.3, 0.4) is 0 Å². The van der Waals surface area contributed by atoms with Crippen molar-refractivity contribution in [2.24, 2.45) is 5.84 Å². The number of ether oxygens (including phenoxy) is 3. The molecule has 0 bridgehead atoms. The summed E-state index contributed by atoms with van der Waals surface area (Å²) in [5.74, 6) is 7.45. The smallest absolute Gasteiger partial charge is 0.227 e. The molecule has 2 aromatic carbocycles. The van der Waals surface area contributed by atoms with E-state index in [-0.39, 0.29) is 6.10 Å². The molecular formula is C25H26N6O3. The molecule has 0 aliphatic carbocycles. The lowest BCUT2D eigenvalue weighted by molar-refractivity contribution is 0.0254. The molecule has 0 radical (unpaired) electrons. The summed E-state index contributed by atoms with van der Waals surface area (Å²) in [6, 6.07) is 15.0. The van der Waals surface area contributed by atoms with Gasteiger partial charge in [0.1, 0.15) is 23.7 Å². The van der Waals surface area contributed by atoms with E-state index in [1.807, 2.05) is 24.3 Å². The van der Waals surface area contributed by atoms with Crippen LogP contribution in [-0.2, 0) is 4.74 Å². The quantitative estimate of drug-likeness (QED) is 0.379. The van der Waals surface area contributed by atoms with E-state index in [9.17, 15) is 5.26 Å². The molecule has 1 saturated heterocycles. The van der Waals surface area contributed by atoms with Crippen LogP contribution in [0.4, 0.5) is 17.3 Å². The van der Waals surface area contributed by atoms with Crippen LogP contribution in [-0.4, -0.2) is 36.4 Å². The Bertz CT molecular complexity index is 1200. The molecule has 34 heavy (non-hydrogen) atoms. The Hall–Kier alpha value is -4.13. The highest BCUT2D eigenvalue weighted by Crippen LogP contribution is 2.32. The first-order valence-electron chi connectivity index (χ1n) is 10.8. The van der Waals surface area contributed by atoms with Gasteiger partial charge < -0.3 is 19.5 Å². The minimum absolute atomic E-state index is 0.0581. The van der Waals surface area contributed by atoms with E-state index in [1.165, 1.54) is 11.2 Å². The van der Waals surface area contributed by atoms with Crippen molar-refractivity contribution < 1.29 is 14.2 Å². The highest BCUT2D eigenvalue weighted by molar-refractivity contribution is 5.69. The number of aromatic nitrogens is 2. The number of nitrogens with one attached hydrogen (secondary N) is 1. The number of nitriles is 1. The van der Waals surface area contributed by atoms with Gasteiger partial charge >= 0.3 is 0 Å². The van der Waals surface area contributed by atoms with Crippen LogP contribution in [0.15, 0.2) is 61.4 Å². The maximum absolute atomic E-state index is 9.67. The fraction of sp³-hybridized carbons (Fsp3) is 0.240. The second-order valence-corrected chi connectivity index (χ2v) is 7.62. The molecule has 1 fully saturated rings. The summed E-state index contributed by atoms with van der Waals surface area (Å²) >= 11 is 0. The van der Waals surface area contributed by atoms with Crippen LogP contribution < -0.4 is 25.6 Å². The standard InChI is InChI=1S/C25H26N6O3/c1-3-31(27)22-6-5-19(15-24(22)32-2)29-25-28-11-8-21(30-25)17-4-7-23(18(14-17)16-26)34-20-9-12-33-13-10-20/h3-8,11,14-15,20H,1,9-10,12-13,27H2,2H3,(H,28,29,30). The average Bonchev–Trinajstić information content (AvgIpc) is 2.89. The first-order valence-corrected chi connectivity index (χ1v) is 10.8. The number of rotatable bonds is 8. The fourth-order valence-corrected chi connectivity index (χ4v) is 3.63. The van der Waals surface area contributed by atoms with Gasteiger partial charge in [0.25, 0.3) is 0 Å². The molecule has 0 spiro atoms. The van der Waals surface area contributed by atoms with Crippen molar-refractivity contribution >= 4 is 17.3 Å². The lowest BCUT2D eigenvalue weighted by Crippen LogP contribution is -2.26. The van der Waals surface area contributed by atoms with Gasteiger partial charge in [-0.2, -0.15) is 5.26 Å². The summed E-state index contributed by atoms with van der Waals surface area (Å²) in [5, 5.41) is 14.2. The van der Waals surface area contributed by atoms with Crippen LogP contribution in [0.25, 0.3) is 11.3 Å². The van der Waals surface area contributed by atoms with E-state index >= 15 is 0 Å². The topological polar surface area (TPSA) is 119 Å². The van der Waals surface area contributed by atoms with Gasteiger partial charge in [-0.1, -0.05) is 6.58 Å². The Morgan fingerprint density at radius 2 is 2.03 bits per heavy atom. The van der Waals surface area contributed by atoms with E-state index in [0.29, 0.717) is 47.6 Å². The number of benzene rings is 2. The van der Waals surface area contributed by atoms with Gasteiger partial charge in [-0.25, -0.2) is 15.8 Å². The van der Waals surface area contributed by atoms with E-state index < -0.39 is 0 Å². The van der Waals surface area contributed by atoms with Gasteiger partial charge in [-0.05, 0) is 36.4 Å². The van der Waals surface area contributed by atoms with Crippen molar-refractivity contribution in [3.63, 3.8) is 0 Å². The number of nitrogens with two attached hydrogens (primary N) is 1. The van der Waals surface area contributed by atoms with Crippen LogP contribution in [0.5, 0.6) is 11.5 Å². The zero-order chi connectivity index (χ0) is 23.9. The maximum Gasteiger partial charge on any atom is 0.227 e. The molecule has 3 N–H and O–H groups in total. The third kappa shape index (κ3) is 5.26. The summed E-state index contributed by atoms with van der Waals surface area (Å²) in [6.07, 6.45) is 4.84. The number of hydrogen-bond donors (Lipinski definition) is 2. The molecule has 0 unspecified atom stereocenters. The number of methoxy groups -OCH3 is 1. The largest absolute Gasteiger partial charge is 0.494 e. The van der Waals surface area contributed by atoms with E-state index in [1.54, 1.807) is 31.5 Å². The molecule has 0 atom stereocenters. The number of anilines is 3. The molecule has 2 heterocycles. The molecule has 9 nitrogen and oxygen atoms in total. The molecule has 4 rings (SSSR count). The Balaban J connectivity index is 1.54. The van der Waals surface area contributed by atoms with Crippen molar-refractivity contribution in [2.45, 2.75) is 18.9 Å². The Morgan fingerprint density at radius 3 is 2.76 bits per heavy atom. The second-order valence-electron chi connectivity index (χ2n) is 7.62. The van der Waals surface area contributed by atoms with E-state index in [2.05, 4.69) is 27.9 Å². The predicted molar refractivity (Wildman–Crippen MR) is 130 cm³/mol. The normalized spacial score (nSPS) is 13.6. The Kier molecular flexibility index (Phi) is 7.22. The van der Waals surface area contributed by atoms with Crippen molar-refractivity contribution in [3.8, 4) is 28.8 Å². The highest BCUT2D eigenvalue weighted by Gasteiger charge is 2.17. The predicted octanol–water partition coefficient (Wildman–Crippen LogP) is 4.15. The Labute approximate surface area is 198 Å². The zero-order valence-electron chi connectivity index (χ0n) is 18.9. The van der Waals surface area contributed by atoms with Crippen molar-refractivity contribution in [3.05, 3.63) is 67.0 Å². The van der Waals surface area contributed by atoms with Crippen molar-refractivity contribution in [1.29, 1.82) is 5.26 Å². The first kappa shape index (κ1) is 23.0. The first-order chi connectivity index (χ1) is 16.6. The van der Waals surface area contributed by atoms with Gasteiger partial charge in [-0.15, -0.1) is 0 Å². The third-order valence-electron chi connectivity index (χ3n) is 5.42. The highest BCUT2D eigenvalue weighted by atomic mass is 16.5. The minimum Gasteiger partial charge on any atom is -0.494 e. The van der Waals surface area contributed by atoms with Crippen molar-refractivity contribution in [1.82, 2.24) is 9.97 Å². The molecule has 0 amide bonds. The summed E-state index contributed by atoms with van der Waals surface area (Å²) in [6.45, 7) is 5.02. The molecule has 1 aliphatic rings. The monoisotopic (exact) mass is 458 g/mol. The van der Waals surface area contributed by atoms with Gasteiger partial charge in [0.15, 0.2) is 0 Å². The third-order valence-corrected chi connectivity index (χ3v) is 5.42. The van der Waals surface area contributed by atoms with Gasteiger partial charge in [0.2, 0.25) is 5.95 Å². The van der Waals surface area contributed by atoms with Gasteiger partial charge in [-0.3, -0.25) is 5.01 Å². The number of hydrogen-bond acceptors (Lipinski definition) is 9. The molecule has 174 valence electrons. The molecule has 3 aromatic rings. The Morgan fingerprint density at radius 1 is 1.21 bits per heavy atom. The molecule has 1 aliphatic heterocycles. The molecular weight excluding hydrogens is 432 g/mol. The summed E-state index contributed by atoms with van der Waals surface area (Å²) in [5.41, 5.74) is 3.33. The van der Waals surface area contributed by atoms with Crippen LogP contribution >= 0.6 is 0 Å². The average molecular weight is 459 g/mol. The number of hydrazine groups is 1. The van der Waals surface area contributed by atoms with Crippen LogP contribution in [0.1, 0.15) is 18.4 Å². The SMILES string of the molecule is C=CN(N)c1ccc(Nc2nccc(-c3ccc(OC4CCOCC4)c(C#N)c3)n2)cc1OC. The summed E-state index contributed by atoms with van der Waals surface area (Å²) in [4.78, 5) is 8.92. The minimum atomic E-state index is 0.0581. The zero-order valence-corrected chi connectivity index (χ0v) is 18.9. The lowest BCUT2D eigenvalue weighted by Gasteiger charge is -2.23. The summed E-state index contributed by atoms with van der Waals surface area (Å²) < 4.78 is 16.9. The van der Waals surface area contributed by atoms with Crippen molar-refractivity contribution in [2.75, 3.05) is 30.6 Å². The second kappa shape index (κ2) is 10.7. The molecule has 1 aromatic heterocycles. The summed E-state index contributed by atoms with van der Waals surface area (Å²) in [7, 11) is 1.57. The molecule has 0 saturated carbocycles. The fourth-order valence-electron chi connectivity index (χ4n) is 3.63. The lowest BCUT2D eigenvalue weighted by atomic mass is 10.1. The van der Waals surface area contributed by atoms with Gasteiger partial charge in [0, 0.05) is 42.6 Å². The van der Waals surface area contributed by atoms with Crippen LogP contribution in [0.2, 0.25) is 0 Å². The van der Waals surface area contributed by atoms with Gasteiger partial charge in [0.05, 0.1) is 37.3 Å². The van der Waals surface area contributed by atoms with E-state index in [4.69, 9.17) is 20.1 Å². The van der Waals surface area contributed by atoms with E-state index in [0.717, 1.165) is 24.1 Å². The molecule has 9 heteroatoms. The number of nitrogens with zero attached hydrogens (tertiary/aromatic N) is 4. The van der Waals surface area contributed by atoms with Crippen LogP contribution in [0, 0.1) is 11.3 Å².